The minimum atomic E-state index is -0.467. The molecular formula is C10H15BN2O. The quantitative estimate of drug-likeness (QED) is 0.677. The highest BCUT2D eigenvalue weighted by molar-refractivity contribution is 6.54. The molecule has 0 unspecified atom stereocenters. The number of nitrogens with zero attached hydrogens (tertiary/aromatic N) is 2. The maximum absolute atomic E-state index is 9.62. The van der Waals surface area contributed by atoms with E-state index in [1.54, 1.807) is 13.0 Å². The monoisotopic (exact) mass is 190 g/mol. The highest BCUT2D eigenvalue weighted by atomic mass is 16.2. The van der Waals surface area contributed by atoms with E-state index in [1.807, 2.05) is 10.9 Å². The Kier molecular flexibility index (Phi) is 2.03. The van der Waals surface area contributed by atoms with E-state index in [0.29, 0.717) is 0 Å². The van der Waals surface area contributed by atoms with Gasteiger partial charge in [-0.25, -0.2) is 4.98 Å². The van der Waals surface area contributed by atoms with E-state index in [0.717, 1.165) is 12.4 Å². The Labute approximate surface area is 84.9 Å². The predicted molar refractivity (Wildman–Crippen MR) is 58.4 cm³/mol. The highest BCUT2D eigenvalue weighted by Crippen LogP contribution is 2.38. The van der Waals surface area contributed by atoms with Gasteiger partial charge in [0.05, 0.1) is 0 Å². The summed E-state index contributed by atoms with van der Waals surface area (Å²) in [6, 6.07) is 4.04. The highest BCUT2D eigenvalue weighted by Gasteiger charge is 2.38. The van der Waals surface area contributed by atoms with Crippen molar-refractivity contribution < 1.29 is 5.02 Å². The first-order valence-electron chi connectivity index (χ1n) is 4.92. The zero-order valence-electron chi connectivity index (χ0n) is 8.86. The summed E-state index contributed by atoms with van der Waals surface area (Å²) in [5, 5.41) is 9.62. The Balaban J connectivity index is 2.49. The normalized spacial score (nSPS) is 18.1. The third-order valence-electron chi connectivity index (χ3n) is 2.80. The Morgan fingerprint density at radius 3 is 2.93 bits per heavy atom. The van der Waals surface area contributed by atoms with Crippen LogP contribution in [0.1, 0.15) is 19.4 Å². The first-order chi connectivity index (χ1) is 6.52. The number of fused-ring (bicyclic) bond motifs is 1. The Hall–Kier alpha value is -1.03. The maximum atomic E-state index is 9.62. The minimum Gasteiger partial charge on any atom is -0.432 e. The molecule has 1 aliphatic rings. The van der Waals surface area contributed by atoms with Crippen LogP contribution in [-0.4, -0.2) is 23.6 Å². The lowest BCUT2D eigenvalue weighted by Gasteiger charge is -2.22. The lowest BCUT2D eigenvalue weighted by atomic mass is 9.84. The SMILES string of the molecule is CB(O)N1CC(C)(C)c2cccnc21. The second-order valence-electron chi connectivity index (χ2n) is 4.52. The summed E-state index contributed by atoms with van der Waals surface area (Å²) in [6.07, 6.45) is 1.77. The molecule has 2 rings (SSSR count). The number of pyridine rings is 1. The fourth-order valence-electron chi connectivity index (χ4n) is 2.05. The smallest absolute Gasteiger partial charge is 0.410 e. The van der Waals surface area contributed by atoms with Crippen LogP contribution >= 0.6 is 0 Å². The molecular weight excluding hydrogens is 175 g/mol. The average Bonchev–Trinajstić information content (AvgIpc) is 2.40. The van der Waals surface area contributed by atoms with Crippen molar-refractivity contribution >= 4 is 12.9 Å². The fourth-order valence-corrected chi connectivity index (χ4v) is 2.05. The molecule has 1 aromatic heterocycles. The summed E-state index contributed by atoms with van der Waals surface area (Å²) in [5.74, 6) is 0.924. The van der Waals surface area contributed by atoms with E-state index in [9.17, 15) is 5.02 Å². The molecule has 14 heavy (non-hydrogen) atoms. The van der Waals surface area contributed by atoms with E-state index in [1.165, 1.54) is 5.56 Å². The summed E-state index contributed by atoms with van der Waals surface area (Å²) in [6.45, 7) is 6.96. The molecule has 2 heterocycles. The Morgan fingerprint density at radius 1 is 1.57 bits per heavy atom. The van der Waals surface area contributed by atoms with Gasteiger partial charge in [-0.2, -0.15) is 0 Å². The van der Waals surface area contributed by atoms with Gasteiger partial charge >= 0.3 is 7.05 Å². The third-order valence-corrected chi connectivity index (χ3v) is 2.80. The number of hydrogen-bond acceptors (Lipinski definition) is 3. The largest absolute Gasteiger partial charge is 0.432 e. The van der Waals surface area contributed by atoms with Crippen LogP contribution in [-0.2, 0) is 5.41 Å². The third kappa shape index (κ3) is 1.30. The van der Waals surface area contributed by atoms with Gasteiger partial charge in [0.1, 0.15) is 5.82 Å². The maximum Gasteiger partial charge on any atom is 0.410 e. The van der Waals surface area contributed by atoms with Crippen LogP contribution in [0.15, 0.2) is 18.3 Å². The molecule has 0 fully saturated rings. The second kappa shape index (κ2) is 2.99. The molecule has 0 spiro atoms. The van der Waals surface area contributed by atoms with Gasteiger partial charge in [-0.15, -0.1) is 0 Å². The zero-order chi connectivity index (χ0) is 10.3. The van der Waals surface area contributed by atoms with Crippen LogP contribution in [0.25, 0.3) is 0 Å². The molecule has 0 radical (unpaired) electrons. The lowest BCUT2D eigenvalue weighted by molar-refractivity contribution is 0.537. The van der Waals surface area contributed by atoms with Crippen LogP contribution in [0.5, 0.6) is 0 Å². The summed E-state index contributed by atoms with van der Waals surface area (Å²) in [7, 11) is -0.467. The second-order valence-corrected chi connectivity index (χ2v) is 4.52. The van der Waals surface area contributed by atoms with Crippen LogP contribution in [0.4, 0.5) is 5.82 Å². The molecule has 0 atom stereocenters. The van der Waals surface area contributed by atoms with Gasteiger partial charge < -0.3 is 9.83 Å². The Morgan fingerprint density at radius 2 is 2.29 bits per heavy atom. The number of hydrogen-bond donors (Lipinski definition) is 1. The number of rotatable bonds is 1. The average molecular weight is 190 g/mol. The van der Waals surface area contributed by atoms with E-state index in [4.69, 9.17) is 0 Å². The van der Waals surface area contributed by atoms with Crippen LogP contribution in [0.2, 0.25) is 6.82 Å². The fraction of sp³-hybridized carbons (Fsp3) is 0.500. The van der Waals surface area contributed by atoms with Gasteiger partial charge in [0, 0.05) is 23.7 Å². The van der Waals surface area contributed by atoms with Crippen molar-refractivity contribution in [3.63, 3.8) is 0 Å². The molecule has 0 saturated heterocycles. The molecule has 0 aliphatic carbocycles. The van der Waals surface area contributed by atoms with Crippen molar-refractivity contribution in [2.24, 2.45) is 0 Å². The summed E-state index contributed by atoms with van der Waals surface area (Å²) < 4.78 is 0. The van der Waals surface area contributed by atoms with E-state index in [-0.39, 0.29) is 5.41 Å². The standard InChI is InChI=1S/C10H15BN2O/c1-10(2)7-13(11(3)14)9-8(10)5-4-6-12-9/h4-6,14H,7H2,1-3H3. The lowest BCUT2D eigenvalue weighted by Crippen LogP contribution is -2.39. The van der Waals surface area contributed by atoms with Gasteiger partial charge in [0.15, 0.2) is 0 Å². The number of aromatic nitrogens is 1. The molecule has 74 valence electrons. The van der Waals surface area contributed by atoms with Gasteiger partial charge in [-0.1, -0.05) is 19.9 Å². The van der Waals surface area contributed by atoms with Crippen LogP contribution in [0.3, 0.4) is 0 Å². The van der Waals surface area contributed by atoms with Gasteiger partial charge in [0.25, 0.3) is 0 Å². The van der Waals surface area contributed by atoms with Crippen molar-refractivity contribution in [1.29, 1.82) is 0 Å². The molecule has 0 saturated carbocycles. The molecule has 1 aromatic rings. The Bertz CT molecular complexity index is 352. The van der Waals surface area contributed by atoms with Crippen molar-refractivity contribution in [2.45, 2.75) is 26.1 Å². The molecule has 0 aromatic carbocycles. The molecule has 3 nitrogen and oxygen atoms in total. The first-order valence-corrected chi connectivity index (χ1v) is 4.92. The van der Waals surface area contributed by atoms with E-state index in [2.05, 4.69) is 24.9 Å². The summed E-state index contributed by atoms with van der Waals surface area (Å²) >= 11 is 0. The van der Waals surface area contributed by atoms with Gasteiger partial charge in [-0.05, 0) is 12.9 Å². The van der Waals surface area contributed by atoms with Crippen molar-refractivity contribution in [3.8, 4) is 0 Å². The van der Waals surface area contributed by atoms with Crippen molar-refractivity contribution in [3.05, 3.63) is 23.9 Å². The van der Waals surface area contributed by atoms with Crippen molar-refractivity contribution in [1.82, 2.24) is 4.98 Å². The van der Waals surface area contributed by atoms with Gasteiger partial charge in [-0.3, -0.25) is 0 Å². The predicted octanol–water partition coefficient (Wildman–Crippen LogP) is 1.29. The summed E-state index contributed by atoms with van der Waals surface area (Å²) in [4.78, 5) is 6.26. The summed E-state index contributed by atoms with van der Waals surface area (Å²) in [5.41, 5.74) is 1.31. The first kappa shape index (κ1) is 9.53. The van der Waals surface area contributed by atoms with Crippen LogP contribution < -0.4 is 4.81 Å². The number of anilines is 1. The topological polar surface area (TPSA) is 36.4 Å². The molecule has 0 amide bonds. The molecule has 1 N–H and O–H groups in total. The minimum absolute atomic E-state index is 0.0839. The molecule has 4 heteroatoms. The van der Waals surface area contributed by atoms with E-state index < -0.39 is 7.05 Å². The molecule has 0 bridgehead atoms. The molecule has 1 aliphatic heterocycles. The zero-order valence-corrected chi connectivity index (χ0v) is 8.86. The van der Waals surface area contributed by atoms with E-state index >= 15 is 0 Å². The van der Waals surface area contributed by atoms with Crippen molar-refractivity contribution in [2.75, 3.05) is 11.4 Å². The van der Waals surface area contributed by atoms with Gasteiger partial charge in [0.2, 0.25) is 0 Å². The van der Waals surface area contributed by atoms with Crippen LogP contribution in [0, 0.1) is 0 Å².